The SMILES string of the molecule is CN(Cc1cccc(Cl)c1Cl)C(=O)c1ccn(-c2ccccc2F)n1. The Kier molecular flexibility index (Phi) is 5.06. The predicted octanol–water partition coefficient (Wildman–Crippen LogP) is 4.59. The Morgan fingerprint density at radius 1 is 1.16 bits per heavy atom. The van der Waals surface area contributed by atoms with Gasteiger partial charge in [-0.1, -0.05) is 47.5 Å². The molecule has 3 rings (SSSR count). The quantitative estimate of drug-likeness (QED) is 0.666. The van der Waals surface area contributed by atoms with Crippen molar-refractivity contribution >= 4 is 29.1 Å². The molecule has 0 aliphatic heterocycles. The second-order valence-corrected chi connectivity index (χ2v) is 6.26. The van der Waals surface area contributed by atoms with E-state index in [-0.39, 0.29) is 23.8 Å². The molecule has 0 saturated heterocycles. The second-order valence-electron chi connectivity index (χ2n) is 5.47. The molecular weight excluding hydrogens is 364 g/mol. The van der Waals surface area contributed by atoms with E-state index in [4.69, 9.17) is 23.2 Å². The molecule has 25 heavy (non-hydrogen) atoms. The summed E-state index contributed by atoms with van der Waals surface area (Å²) in [5.74, 6) is -0.713. The van der Waals surface area contributed by atoms with Crippen LogP contribution in [0.4, 0.5) is 4.39 Å². The molecule has 0 aliphatic rings. The van der Waals surface area contributed by atoms with Gasteiger partial charge in [0.15, 0.2) is 5.69 Å². The van der Waals surface area contributed by atoms with E-state index in [0.29, 0.717) is 10.0 Å². The number of hydrogen-bond donors (Lipinski definition) is 0. The third-order valence-corrected chi connectivity index (χ3v) is 4.55. The van der Waals surface area contributed by atoms with Crippen molar-refractivity contribution in [1.82, 2.24) is 14.7 Å². The highest BCUT2D eigenvalue weighted by Crippen LogP contribution is 2.26. The summed E-state index contributed by atoms with van der Waals surface area (Å²) in [6, 6.07) is 13.0. The zero-order chi connectivity index (χ0) is 18.0. The van der Waals surface area contributed by atoms with Gasteiger partial charge in [0.1, 0.15) is 11.5 Å². The van der Waals surface area contributed by atoms with Crippen LogP contribution in [0.15, 0.2) is 54.7 Å². The first-order chi connectivity index (χ1) is 12.0. The zero-order valence-electron chi connectivity index (χ0n) is 13.3. The fourth-order valence-electron chi connectivity index (χ4n) is 2.40. The van der Waals surface area contributed by atoms with Crippen molar-refractivity contribution in [3.8, 4) is 5.69 Å². The van der Waals surface area contributed by atoms with Crippen LogP contribution >= 0.6 is 23.2 Å². The van der Waals surface area contributed by atoms with Crippen LogP contribution in [0.3, 0.4) is 0 Å². The molecule has 0 saturated carbocycles. The smallest absolute Gasteiger partial charge is 0.274 e. The minimum atomic E-state index is -0.413. The Labute approximate surface area is 154 Å². The van der Waals surface area contributed by atoms with E-state index in [1.165, 1.54) is 15.6 Å². The summed E-state index contributed by atoms with van der Waals surface area (Å²) >= 11 is 12.2. The predicted molar refractivity (Wildman–Crippen MR) is 95.8 cm³/mol. The lowest BCUT2D eigenvalue weighted by Crippen LogP contribution is -2.26. The van der Waals surface area contributed by atoms with Gasteiger partial charge < -0.3 is 4.90 Å². The van der Waals surface area contributed by atoms with Crippen LogP contribution in [-0.2, 0) is 6.54 Å². The van der Waals surface area contributed by atoms with E-state index in [1.54, 1.807) is 55.7 Å². The fourth-order valence-corrected chi connectivity index (χ4v) is 2.78. The summed E-state index contributed by atoms with van der Waals surface area (Å²) in [6.07, 6.45) is 1.55. The first kappa shape index (κ1) is 17.5. The maximum atomic E-state index is 13.8. The van der Waals surface area contributed by atoms with Crippen molar-refractivity contribution in [2.45, 2.75) is 6.54 Å². The maximum Gasteiger partial charge on any atom is 0.274 e. The zero-order valence-corrected chi connectivity index (χ0v) is 14.8. The van der Waals surface area contributed by atoms with Gasteiger partial charge >= 0.3 is 0 Å². The summed E-state index contributed by atoms with van der Waals surface area (Å²) in [4.78, 5) is 14.0. The van der Waals surface area contributed by atoms with Gasteiger partial charge in [-0.3, -0.25) is 4.79 Å². The molecule has 128 valence electrons. The first-order valence-corrected chi connectivity index (χ1v) is 8.22. The molecule has 0 atom stereocenters. The van der Waals surface area contributed by atoms with Crippen LogP contribution in [0, 0.1) is 5.82 Å². The van der Waals surface area contributed by atoms with Crippen molar-refractivity contribution < 1.29 is 9.18 Å². The molecule has 0 spiro atoms. The molecule has 0 unspecified atom stereocenters. The first-order valence-electron chi connectivity index (χ1n) is 7.46. The highest BCUT2D eigenvalue weighted by atomic mass is 35.5. The topological polar surface area (TPSA) is 38.1 Å². The Morgan fingerprint density at radius 3 is 2.68 bits per heavy atom. The third-order valence-electron chi connectivity index (χ3n) is 3.69. The maximum absolute atomic E-state index is 13.8. The molecular formula is C18H14Cl2FN3O. The Morgan fingerprint density at radius 2 is 1.92 bits per heavy atom. The van der Waals surface area contributed by atoms with Gasteiger partial charge in [-0.2, -0.15) is 5.10 Å². The molecule has 1 aromatic heterocycles. The summed E-state index contributed by atoms with van der Waals surface area (Å²) in [5, 5.41) is 5.02. The minimum Gasteiger partial charge on any atom is -0.336 e. The second kappa shape index (κ2) is 7.25. The molecule has 4 nitrogen and oxygen atoms in total. The van der Waals surface area contributed by atoms with Crippen molar-refractivity contribution in [3.05, 3.63) is 81.8 Å². The monoisotopic (exact) mass is 377 g/mol. The van der Waals surface area contributed by atoms with E-state index in [1.807, 2.05) is 0 Å². The fraction of sp³-hybridized carbons (Fsp3) is 0.111. The van der Waals surface area contributed by atoms with Gasteiger partial charge in [0, 0.05) is 19.8 Å². The van der Waals surface area contributed by atoms with Gasteiger partial charge in [0.2, 0.25) is 0 Å². The van der Waals surface area contributed by atoms with Crippen LogP contribution in [0.1, 0.15) is 16.1 Å². The molecule has 0 radical (unpaired) electrons. The summed E-state index contributed by atoms with van der Waals surface area (Å²) in [7, 11) is 1.64. The van der Waals surface area contributed by atoms with Gasteiger partial charge in [-0.25, -0.2) is 9.07 Å². The third kappa shape index (κ3) is 3.67. The summed E-state index contributed by atoms with van der Waals surface area (Å²) in [6.45, 7) is 0.283. The lowest BCUT2D eigenvalue weighted by molar-refractivity contribution is 0.0779. The summed E-state index contributed by atoms with van der Waals surface area (Å²) < 4.78 is 15.2. The van der Waals surface area contributed by atoms with Crippen LogP contribution in [0.5, 0.6) is 0 Å². The minimum absolute atomic E-state index is 0.212. The number of nitrogens with zero attached hydrogens (tertiary/aromatic N) is 3. The largest absolute Gasteiger partial charge is 0.336 e. The van der Waals surface area contributed by atoms with Gasteiger partial charge in [-0.15, -0.1) is 0 Å². The van der Waals surface area contributed by atoms with Crippen molar-refractivity contribution in [1.29, 1.82) is 0 Å². The van der Waals surface area contributed by atoms with Gasteiger partial charge in [-0.05, 0) is 29.8 Å². The van der Waals surface area contributed by atoms with Crippen molar-refractivity contribution in [3.63, 3.8) is 0 Å². The van der Waals surface area contributed by atoms with Gasteiger partial charge in [0.25, 0.3) is 5.91 Å². The lowest BCUT2D eigenvalue weighted by Gasteiger charge is -2.17. The van der Waals surface area contributed by atoms with Crippen LogP contribution in [0.25, 0.3) is 5.69 Å². The molecule has 0 bridgehead atoms. The van der Waals surface area contributed by atoms with Crippen molar-refractivity contribution in [2.75, 3.05) is 7.05 Å². The number of carbonyl (C=O) groups is 1. The van der Waals surface area contributed by atoms with E-state index in [0.717, 1.165) is 5.56 Å². The van der Waals surface area contributed by atoms with Gasteiger partial charge in [0.05, 0.1) is 10.0 Å². The standard InChI is InChI=1S/C18H14Cl2FN3O/c1-23(11-12-5-4-6-13(19)17(12)20)18(25)15-9-10-24(22-15)16-8-3-2-7-14(16)21/h2-10H,11H2,1H3. The average Bonchev–Trinajstić information content (AvgIpc) is 3.08. The number of aromatic nitrogens is 2. The molecule has 0 fully saturated rings. The molecule has 0 aliphatic carbocycles. The number of carbonyl (C=O) groups excluding carboxylic acids is 1. The summed E-state index contributed by atoms with van der Waals surface area (Å²) in [5.41, 5.74) is 1.23. The van der Waals surface area contributed by atoms with Crippen LogP contribution in [0.2, 0.25) is 10.0 Å². The molecule has 0 N–H and O–H groups in total. The molecule has 2 aromatic carbocycles. The highest BCUT2D eigenvalue weighted by Gasteiger charge is 2.17. The number of halogens is 3. The van der Waals surface area contributed by atoms with Crippen LogP contribution in [-0.4, -0.2) is 27.6 Å². The molecule has 1 amide bonds. The number of rotatable bonds is 4. The average molecular weight is 378 g/mol. The Balaban J connectivity index is 1.79. The molecule has 1 heterocycles. The number of para-hydroxylation sites is 1. The lowest BCUT2D eigenvalue weighted by atomic mass is 10.2. The van der Waals surface area contributed by atoms with Crippen molar-refractivity contribution in [2.24, 2.45) is 0 Å². The van der Waals surface area contributed by atoms with E-state index < -0.39 is 5.82 Å². The molecule has 7 heteroatoms. The van der Waals surface area contributed by atoms with E-state index in [2.05, 4.69) is 5.10 Å². The number of amides is 1. The van der Waals surface area contributed by atoms with E-state index in [9.17, 15) is 9.18 Å². The highest BCUT2D eigenvalue weighted by molar-refractivity contribution is 6.42. The molecule has 3 aromatic rings. The Hall–Kier alpha value is -2.37. The number of benzene rings is 2. The Bertz CT molecular complexity index is 926. The van der Waals surface area contributed by atoms with Crippen LogP contribution < -0.4 is 0 Å². The normalized spacial score (nSPS) is 10.7. The number of hydrogen-bond acceptors (Lipinski definition) is 2. The van der Waals surface area contributed by atoms with E-state index >= 15 is 0 Å².